The number of carbonyl (C=O) groups is 1. The van der Waals surface area contributed by atoms with Crippen molar-refractivity contribution < 1.29 is 4.79 Å². The normalized spacial score (nSPS) is 14.4. The summed E-state index contributed by atoms with van der Waals surface area (Å²) >= 11 is 0. The number of amides is 1. The molecular formula is C22H25N3O. The largest absolute Gasteiger partial charge is 0.346 e. The van der Waals surface area contributed by atoms with E-state index in [0.29, 0.717) is 6.42 Å². The highest BCUT2D eigenvalue weighted by atomic mass is 16.1. The van der Waals surface area contributed by atoms with Crippen LogP contribution in [0.15, 0.2) is 42.5 Å². The molecule has 0 fully saturated rings. The van der Waals surface area contributed by atoms with Gasteiger partial charge in [-0.15, -0.1) is 0 Å². The predicted octanol–water partition coefficient (Wildman–Crippen LogP) is 3.66. The van der Waals surface area contributed by atoms with E-state index >= 15 is 0 Å². The van der Waals surface area contributed by atoms with Crippen molar-refractivity contribution in [3.63, 3.8) is 0 Å². The van der Waals surface area contributed by atoms with E-state index in [0.717, 1.165) is 36.3 Å². The summed E-state index contributed by atoms with van der Waals surface area (Å²) in [4.78, 5) is 15.0. The Hall–Kier alpha value is -2.59. The highest BCUT2D eigenvalue weighted by Crippen LogP contribution is 2.35. The number of nitrogens with zero attached hydrogens (tertiary/aromatic N) is 2. The molecule has 0 saturated heterocycles. The number of carbonyl (C=O) groups excluding carboxylic acids is 1. The molecule has 3 aromatic rings. The molecule has 0 spiro atoms. The van der Waals surface area contributed by atoms with E-state index in [4.69, 9.17) is 0 Å². The molecule has 4 rings (SSSR count). The van der Waals surface area contributed by atoms with E-state index in [-0.39, 0.29) is 5.91 Å². The van der Waals surface area contributed by atoms with Crippen molar-refractivity contribution in [1.82, 2.24) is 9.47 Å². The van der Waals surface area contributed by atoms with Gasteiger partial charge in [0, 0.05) is 37.6 Å². The third-order valence-electron chi connectivity index (χ3n) is 5.31. The van der Waals surface area contributed by atoms with E-state index < -0.39 is 0 Å². The first-order valence-electron chi connectivity index (χ1n) is 9.16. The lowest BCUT2D eigenvalue weighted by Crippen LogP contribution is -2.26. The number of aromatic nitrogens is 1. The maximum absolute atomic E-state index is 12.6. The van der Waals surface area contributed by atoms with Gasteiger partial charge in [0.1, 0.15) is 0 Å². The molecule has 4 nitrogen and oxygen atoms in total. The Morgan fingerprint density at radius 3 is 2.69 bits per heavy atom. The highest BCUT2D eigenvalue weighted by Gasteiger charge is 2.23. The number of rotatable bonds is 3. The molecule has 1 amide bonds. The van der Waals surface area contributed by atoms with E-state index in [1.165, 1.54) is 22.2 Å². The molecule has 1 aliphatic rings. The lowest BCUT2D eigenvalue weighted by molar-refractivity contribution is -0.115. The molecule has 0 radical (unpaired) electrons. The van der Waals surface area contributed by atoms with Crippen LogP contribution in [0, 0.1) is 6.92 Å². The molecule has 4 heteroatoms. The van der Waals surface area contributed by atoms with Gasteiger partial charge in [0.15, 0.2) is 0 Å². The van der Waals surface area contributed by atoms with Crippen LogP contribution in [0.1, 0.15) is 22.4 Å². The molecule has 0 unspecified atom stereocenters. The maximum Gasteiger partial charge on any atom is 0.228 e. The minimum atomic E-state index is 0.0272. The number of likely N-dealkylation sites (N-methyl/N-ethyl adjacent to an activating group) is 1. The van der Waals surface area contributed by atoms with Crippen LogP contribution in [0.4, 0.5) is 5.69 Å². The first-order valence-corrected chi connectivity index (χ1v) is 9.16. The van der Waals surface area contributed by atoms with E-state index in [2.05, 4.69) is 47.9 Å². The number of hydrogen-bond acceptors (Lipinski definition) is 2. The monoisotopic (exact) mass is 347 g/mol. The number of anilines is 1. The third-order valence-corrected chi connectivity index (χ3v) is 5.31. The van der Waals surface area contributed by atoms with Crippen LogP contribution >= 0.6 is 0 Å². The number of nitrogens with one attached hydrogen (secondary N) is 1. The smallest absolute Gasteiger partial charge is 0.228 e. The summed E-state index contributed by atoms with van der Waals surface area (Å²) < 4.78 is 2.27. The fourth-order valence-electron chi connectivity index (χ4n) is 4.07. The SMILES string of the molecule is Cc1cc(NC(=O)Cc2ccccc2)c2c(c1)c1c(n2C)CCN(C)C1. The maximum atomic E-state index is 12.6. The Balaban J connectivity index is 1.72. The fourth-order valence-corrected chi connectivity index (χ4v) is 4.07. The van der Waals surface area contributed by atoms with Gasteiger partial charge in [-0.1, -0.05) is 30.3 Å². The number of benzene rings is 2. The molecule has 0 aliphatic carbocycles. The van der Waals surface area contributed by atoms with Gasteiger partial charge in [-0.25, -0.2) is 0 Å². The summed E-state index contributed by atoms with van der Waals surface area (Å²) in [5.41, 5.74) is 7.05. The standard InChI is InChI=1S/C22H25N3O/c1-15-11-17-18-14-24(2)10-9-20(18)25(3)22(17)19(12-15)23-21(26)13-16-7-5-4-6-8-16/h4-8,11-12H,9-10,13-14H2,1-3H3,(H,23,26). The minimum Gasteiger partial charge on any atom is -0.346 e. The van der Waals surface area contributed by atoms with Crippen LogP contribution in [-0.2, 0) is 31.2 Å². The summed E-state index contributed by atoms with van der Waals surface area (Å²) in [6, 6.07) is 14.2. The number of fused-ring (bicyclic) bond motifs is 3. The Bertz CT molecular complexity index is 972. The van der Waals surface area contributed by atoms with Crippen molar-refractivity contribution in [2.75, 3.05) is 18.9 Å². The molecule has 1 aromatic heterocycles. The first kappa shape index (κ1) is 16.9. The lowest BCUT2D eigenvalue weighted by Gasteiger charge is -2.23. The number of aryl methyl sites for hydroxylation is 2. The molecular weight excluding hydrogens is 322 g/mol. The minimum absolute atomic E-state index is 0.0272. The molecule has 0 atom stereocenters. The van der Waals surface area contributed by atoms with E-state index in [9.17, 15) is 4.79 Å². The highest BCUT2D eigenvalue weighted by molar-refractivity contribution is 6.03. The van der Waals surface area contributed by atoms with Crippen LogP contribution in [0.25, 0.3) is 10.9 Å². The number of hydrogen-bond donors (Lipinski definition) is 1. The second kappa shape index (κ2) is 6.61. The van der Waals surface area contributed by atoms with Crippen LogP contribution in [0.5, 0.6) is 0 Å². The molecule has 134 valence electrons. The van der Waals surface area contributed by atoms with Gasteiger partial charge >= 0.3 is 0 Å². The average molecular weight is 347 g/mol. The van der Waals surface area contributed by atoms with Crippen molar-refractivity contribution in [2.45, 2.75) is 26.3 Å². The van der Waals surface area contributed by atoms with Gasteiger partial charge in [-0.05, 0) is 42.8 Å². The summed E-state index contributed by atoms with van der Waals surface area (Å²) in [6.07, 6.45) is 1.44. The van der Waals surface area contributed by atoms with Gasteiger partial charge in [0.05, 0.1) is 17.6 Å². The fraction of sp³-hybridized carbons (Fsp3) is 0.318. The summed E-state index contributed by atoms with van der Waals surface area (Å²) in [5, 5.41) is 4.43. The van der Waals surface area contributed by atoms with Crippen LogP contribution < -0.4 is 5.32 Å². The van der Waals surface area contributed by atoms with Crippen molar-refractivity contribution >= 4 is 22.5 Å². The van der Waals surface area contributed by atoms with Gasteiger partial charge in [-0.3, -0.25) is 4.79 Å². The predicted molar refractivity (Wildman–Crippen MR) is 106 cm³/mol. The molecule has 0 bridgehead atoms. The Morgan fingerprint density at radius 1 is 1.15 bits per heavy atom. The molecule has 2 aromatic carbocycles. The second-order valence-electron chi connectivity index (χ2n) is 7.39. The second-order valence-corrected chi connectivity index (χ2v) is 7.39. The third kappa shape index (κ3) is 3.01. The van der Waals surface area contributed by atoms with Crippen LogP contribution in [-0.4, -0.2) is 29.0 Å². The van der Waals surface area contributed by atoms with Crippen LogP contribution in [0.3, 0.4) is 0 Å². The zero-order valence-corrected chi connectivity index (χ0v) is 15.7. The van der Waals surface area contributed by atoms with Crippen LogP contribution in [0.2, 0.25) is 0 Å². The van der Waals surface area contributed by atoms with E-state index in [1.807, 2.05) is 30.3 Å². The average Bonchev–Trinajstić information content (AvgIpc) is 2.87. The summed E-state index contributed by atoms with van der Waals surface area (Å²) in [7, 11) is 4.29. The summed E-state index contributed by atoms with van der Waals surface area (Å²) in [6.45, 7) is 4.14. The first-order chi connectivity index (χ1) is 12.5. The zero-order chi connectivity index (χ0) is 18.3. The lowest BCUT2D eigenvalue weighted by atomic mass is 10.0. The van der Waals surface area contributed by atoms with Crippen molar-refractivity contribution in [2.24, 2.45) is 7.05 Å². The molecule has 1 N–H and O–H groups in total. The topological polar surface area (TPSA) is 37.3 Å². The quantitative estimate of drug-likeness (QED) is 0.785. The summed E-state index contributed by atoms with van der Waals surface area (Å²) in [5.74, 6) is 0.0272. The Kier molecular flexibility index (Phi) is 4.29. The van der Waals surface area contributed by atoms with E-state index in [1.54, 1.807) is 0 Å². The molecule has 26 heavy (non-hydrogen) atoms. The van der Waals surface area contributed by atoms with Gasteiger partial charge in [0.2, 0.25) is 5.91 Å². The van der Waals surface area contributed by atoms with Gasteiger partial charge in [0.25, 0.3) is 0 Å². The Morgan fingerprint density at radius 2 is 1.92 bits per heavy atom. The van der Waals surface area contributed by atoms with Crippen molar-refractivity contribution in [1.29, 1.82) is 0 Å². The van der Waals surface area contributed by atoms with Gasteiger partial charge < -0.3 is 14.8 Å². The van der Waals surface area contributed by atoms with Crippen molar-refractivity contribution in [3.05, 3.63) is 64.8 Å². The van der Waals surface area contributed by atoms with Crippen molar-refractivity contribution in [3.8, 4) is 0 Å². The molecule has 0 saturated carbocycles. The Labute approximate surface area is 154 Å². The van der Waals surface area contributed by atoms with Gasteiger partial charge in [-0.2, -0.15) is 0 Å². The zero-order valence-electron chi connectivity index (χ0n) is 15.7. The molecule has 2 heterocycles. The molecule has 1 aliphatic heterocycles.